The quantitative estimate of drug-likeness (QED) is 0.595. The lowest BCUT2D eigenvalue weighted by Crippen LogP contribution is -2.26. The number of pyridine rings is 1. The van der Waals surface area contributed by atoms with Crippen LogP contribution in [0.4, 0.5) is 4.39 Å². The van der Waals surface area contributed by atoms with Gasteiger partial charge in [0.15, 0.2) is 10.7 Å². The van der Waals surface area contributed by atoms with E-state index in [2.05, 4.69) is 19.9 Å². The SMILES string of the molecule is O=S(=O)(NCCSCc1c(F)cccc1Cl)c1[nH]nc2ncccc12. The molecule has 0 amide bonds. The molecule has 0 fully saturated rings. The molecule has 3 rings (SSSR count). The van der Waals surface area contributed by atoms with Crippen molar-refractivity contribution in [1.29, 1.82) is 0 Å². The largest absolute Gasteiger partial charge is 0.263 e. The Bertz CT molecular complexity index is 974. The summed E-state index contributed by atoms with van der Waals surface area (Å²) < 4.78 is 40.8. The zero-order chi connectivity index (χ0) is 17.9. The molecule has 3 aromatic rings. The molecule has 10 heteroatoms. The zero-order valence-corrected chi connectivity index (χ0v) is 15.3. The van der Waals surface area contributed by atoms with Crippen LogP contribution >= 0.6 is 23.4 Å². The molecule has 0 radical (unpaired) electrons. The van der Waals surface area contributed by atoms with Crippen molar-refractivity contribution < 1.29 is 12.8 Å². The van der Waals surface area contributed by atoms with Gasteiger partial charge in [-0.2, -0.15) is 16.9 Å². The van der Waals surface area contributed by atoms with Gasteiger partial charge in [0.2, 0.25) is 0 Å². The Balaban J connectivity index is 1.57. The summed E-state index contributed by atoms with van der Waals surface area (Å²) in [6.07, 6.45) is 1.54. The van der Waals surface area contributed by atoms with Crippen LogP contribution in [0, 0.1) is 5.82 Å². The van der Waals surface area contributed by atoms with Crippen molar-refractivity contribution in [2.45, 2.75) is 10.8 Å². The molecular weight excluding hydrogens is 387 g/mol. The normalized spacial score (nSPS) is 11.9. The van der Waals surface area contributed by atoms with E-state index in [4.69, 9.17) is 11.6 Å². The van der Waals surface area contributed by atoms with Crippen molar-refractivity contribution in [2.24, 2.45) is 0 Å². The number of thioether (sulfide) groups is 1. The number of fused-ring (bicyclic) bond motifs is 1. The number of nitrogens with zero attached hydrogens (tertiary/aromatic N) is 2. The maximum absolute atomic E-state index is 13.7. The van der Waals surface area contributed by atoms with E-state index in [-0.39, 0.29) is 17.4 Å². The summed E-state index contributed by atoms with van der Waals surface area (Å²) in [5.74, 6) is 0.468. The predicted molar refractivity (Wildman–Crippen MR) is 96.6 cm³/mol. The molecule has 2 N–H and O–H groups in total. The highest BCUT2D eigenvalue weighted by atomic mass is 35.5. The van der Waals surface area contributed by atoms with Crippen LogP contribution in [0.3, 0.4) is 0 Å². The van der Waals surface area contributed by atoms with E-state index in [1.807, 2.05) is 0 Å². The van der Waals surface area contributed by atoms with Gasteiger partial charge in [0.1, 0.15) is 5.82 Å². The third-order valence-corrected chi connectivity index (χ3v) is 6.18. The van der Waals surface area contributed by atoms with Crippen LogP contribution in [0.5, 0.6) is 0 Å². The van der Waals surface area contributed by atoms with E-state index in [0.29, 0.717) is 33.1 Å². The summed E-state index contributed by atoms with van der Waals surface area (Å²) in [4.78, 5) is 3.99. The van der Waals surface area contributed by atoms with Crippen LogP contribution in [0.25, 0.3) is 11.0 Å². The first-order valence-corrected chi connectivity index (χ1v) is 10.3. The highest BCUT2D eigenvalue weighted by Gasteiger charge is 2.20. The Labute approximate surface area is 153 Å². The molecular formula is C15H14ClFN4O2S2. The standard InChI is InChI=1S/C15H14ClFN4O2S2/c16-12-4-1-5-13(17)11(12)9-24-8-7-19-25(22,23)15-10-3-2-6-18-14(10)20-21-15/h1-6,19H,7-9H2,(H,18,20,21). The zero-order valence-electron chi connectivity index (χ0n) is 12.9. The highest BCUT2D eigenvalue weighted by molar-refractivity contribution is 7.98. The van der Waals surface area contributed by atoms with Gasteiger partial charge >= 0.3 is 0 Å². The number of nitrogens with one attached hydrogen (secondary N) is 2. The summed E-state index contributed by atoms with van der Waals surface area (Å²) in [6, 6.07) is 7.80. The summed E-state index contributed by atoms with van der Waals surface area (Å²) in [5, 5.41) is 7.15. The van der Waals surface area contributed by atoms with Gasteiger partial charge in [-0.15, -0.1) is 0 Å². The molecule has 2 aromatic heterocycles. The Hall–Kier alpha value is -1.68. The number of benzene rings is 1. The summed E-state index contributed by atoms with van der Waals surface area (Å²) >= 11 is 7.34. The monoisotopic (exact) mass is 400 g/mol. The average molecular weight is 401 g/mol. The fraction of sp³-hybridized carbons (Fsp3) is 0.200. The molecule has 0 unspecified atom stereocenters. The number of rotatable bonds is 7. The lowest BCUT2D eigenvalue weighted by atomic mass is 10.2. The van der Waals surface area contributed by atoms with Crippen molar-refractivity contribution >= 4 is 44.4 Å². The van der Waals surface area contributed by atoms with Gasteiger partial charge in [0, 0.05) is 34.8 Å². The second kappa shape index (κ2) is 7.69. The predicted octanol–water partition coefficient (Wildman–Crippen LogP) is 2.96. The maximum atomic E-state index is 13.7. The number of hydrogen-bond acceptors (Lipinski definition) is 5. The lowest BCUT2D eigenvalue weighted by Gasteiger charge is -2.07. The van der Waals surface area contributed by atoms with Crippen molar-refractivity contribution in [2.75, 3.05) is 12.3 Å². The molecule has 25 heavy (non-hydrogen) atoms. The lowest BCUT2D eigenvalue weighted by molar-refractivity contribution is 0.581. The molecule has 0 saturated heterocycles. The van der Waals surface area contributed by atoms with Crippen LogP contribution in [-0.2, 0) is 15.8 Å². The van der Waals surface area contributed by atoms with Crippen molar-refractivity contribution in [3.63, 3.8) is 0 Å². The Morgan fingerprint density at radius 2 is 2.12 bits per heavy atom. The van der Waals surface area contributed by atoms with Gasteiger partial charge in [0.25, 0.3) is 10.0 Å². The molecule has 0 aliphatic rings. The van der Waals surface area contributed by atoms with Gasteiger partial charge < -0.3 is 0 Å². The summed E-state index contributed by atoms with van der Waals surface area (Å²) in [5.41, 5.74) is 0.758. The van der Waals surface area contributed by atoms with Crippen LogP contribution in [0.15, 0.2) is 41.6 Å². The van der Waals surface area contributed by atoms with Crippen LogP contribution < -0.4 is 4.72 Å². The first kappa shape index (κ1) is 18.1. The smallest absolute Gasteiger partial charge is 0.258 e. The number of sulfonamides is 1. The van der Waals surface area contributed by atoms with E-state index in [0.717, 1.165) is 0 Å². The van der Waals surface area contributed by atoms with Crippen molar-refractivity contribution in [1.82, 2.24) is 19.9 Å². The third-order valence-electron chi connectivity index (χ3n) is 3.41. The summed E-state index contributed by atoms with van der Waals surface area (Å²) in [7, 11) is -3.73. The van der Waals surface area contributed by atoms with E-state index in [1.165, 1.54) is 24.0 Å². The second-order valence-electron chi connectivity index (χ2n) is 5.08. The van der Waals surface area contributed by atoms with Gasteiger partial charge in [-0.25, -0.2) is 22.5 Å². The van der Waals surface area contributed by atoms with Gasteiger partial charge in [0.05, 0.1) is 5.39 Å². The maximum Gasteiger partial charge on any atom is 0.258 e. The molecule has 1 aromatic carbocycles. The van der Waals surface area contributed by atoms with E-state index in [9.17, 15) is 12.8 Å². The first-order chi connectivity index (χ1) is 12.0. The topological polar surface area (TPSA) is 87.7 Å². The highest BCUT2D eigenvalue weighted by Crippen LogP contribution is 2.24. The minimum Gasteiger partial charge on any atom is -0.263 e. The summed E-state index contributed by atoms with van der Waals surface area (Å²) in [6.45, 7) is 0.194. The molecule has 0 spiro atoms. The number of halogens is 2. The van der Waals surface area contributed by atoms with Crippen molar-refractivity contribution in [3.05, 3.63) is 52.9 Å². The molecule has 0 aliphatic heterocycles. The van der Waals surface area contributed by atoms with Crippen molar-refractivity contribution in [3.8, 4) is 0 Å². The number of aromatic nitrogens is 3. The molecule has 6 nitrogen and oxygen atoms in total. The molecule has 2 heterocycles. The van der Waals surface area contributed by atoms with E-state index in [1.54, 1.807) is 24.3 Å². The fourth-order valence-corrected chi connectivity index (χ4v) is 4.65. The number of aromatic amines is 1. The fourth-order valence-electron chi connectivity index (χ4n) is 2.20. The molecule has 0 saturated carbocycles. The van der Waals surface area contributed by atoms with Gasteiger partial charge in [-0.05, 0) is 24.3 Å². The van der Waals surface area contributed by atoms with Crippen LogP contribution in [0.1, 0.15) is 5.56 Å². The Morgan fingerprint density at radius 3 is 2.92 bits per heavy atom. The minimum absolute atomic E-state index is 0.0160. The molecule has 0 bridgehead atoms. The van der Waals surface area contributed by atoms with Gasteiger partial charge in [-0.1, -0.05) is 17.7 Å². The van der Waals surface area contributed by atoms with Crippen LogP contribution in [-0.4, -0.2) is 35.9 Å². The van der Waals surface area contributed by atoms with E-state index < -0.39 is 10.0 Å². The third kappa shape index (κ3) is 4.12. The molecule has 132 valence electrons. The second-order valence-corrected chi connectivity index (χ2v) is 8.29. The first-order valence-electron chi connectivity index (χ1n) is 7.28. The minimum atomic E-state index is -3.73. The number of H-pyrrole nitrogens is 1. The Kier molecular flexibility index (Phi) is 5.57. The van der Waals surface area contributed by atoms with Crippen LogP contribution in [0.2, 0.25) is 5.02 Å². The average Bonchev–Trinajstić information content (AvgIpc) is 3.02. The number of hydrogen-bond donors (Lipinski definition) is 2. The van der Waals surface area contributed by atoms with Gasteiger partial charge in [-0.3, -0.25) is 5.10 Å². The van der Waals surface area contributed by atoms with E-state index >= 15 is 0 Å². The molecule has 0 aliphatic carbocycles. The molecule has 0 atom stereocenters. The Morgan fingerprint density at radius 1 is 1.28 bits per heavy atom.